The largest absolute Gasteiger partial charge is 0.465 e. The molecular weight excluding hydrogens is 402 g/mol. The van der Waals surface area contributed by atoms with Crippen molar-refractivity contribution in [2.45, 2.75) is 18.4 Å². The first-order chi connectivity index (χ1) is 13.3. The van der Waals surface area contributed by atoms with Crippen LogP contribution in [0.5, 0.6) is 0 Å². The molecule has 0 saturated heterocycles. The van der Waals surface area contributed by atoms with Crippen LogP contribution >= 0.6 is 11.6 Å². The Hall–Kier alpha value is -2.68. The molecule has 0 fully saturated rings. The highest BCUT2D eigenvalue weighted by atomic mass is 35.5. The van der Waals surface area contributed by atoms with Gasteiger partial charge >= 0.3 is 5.97 Å². The number of sulfonamides is 1. The summed E-state index contributed by atoms with van der Waals surface area (Å²) < 4.78 is 34.5. The molecule has 0 aliphatic carbocycles. The number of nitrogens with zero attached hydrogens (tertiary/aromatic N) is 2. The Kier molecular flexibility index (Phi) is 5.83. The zero-order chi connectivity index (χ0) is 20.3. The van der Waals surface area contributed by atoms with E-state index in [-0.39, 0.29) is 22.0 Å². The van der Waals surface area contributed by atoms with Crippen LogP contribution in [-0.4, -0.2) is 31.0 Å². The average Bonchev–Trinajstić information content (AvgIpc) is 3.12. The molecule has 1 aromatic heterocycles. The Balaban J connectivity index is 1.88. The lowest BCUT2D eigenvalue weighted by Crippen LogP contribution is -2.24. The van der Waals surface area contributed by atoms with Crippen molar-refractivity contribution in [3.63, 3.8) is 0 Å². The number of aromatic nitrogens is 2. The van der Waals surface area contributed by atoms with Gasteiger partial charge in [-0.2, -0.15) is 0 Å². The van der Waals surface area contributed by atoms with Crippen LogP contribution in [0.15, 0.2) is 59.8 Å². The minimum atomic E-state index is -3.88. The molecule has 0 aliphatic rings. The number of ether oxygens (including phenoxy) is 1. The van der Waals surface area contributed by atoms with E-state index >= 15 is 0 Å². The molecule has 1 N–H and O–H groups in total. The fourth-order valence-electron chi connectivity index (χ4n) is 2.72. The number of hydrogen-bond acceptors (Lipinski definition) is 5. The molecule has 0 radical (unpaired) electrons. The highest BCUT2D eigenvalue weighted by Crippen LogP contribution is 2.22. The molecule has 0 amide bonds. The molecule has 3 aromatic rings. The van der Waals surface area contributed by atoms with Gasteiger partial charge in [0, 0.05) is 18.9 Å². The van der Waals surface area contributed by atoms with Gasteiger partial charge in [-0.15, -0.1) is 0 Å². The van der Waals surface area contributed by atoms with Gasteiger partial charge in [0.05, 0.1) is 28.3 Å². The summed E-state index contributed by atoms with van der Waals surface area (Å²) in [5.41, 5.74) is 1.59. The number of halogens is 1. The number of imidazole rings is 1. The van der Waals surface area contributed by atoms with Gasteiger partial charge in [-0.1, -0.05) is 29.8 Å². The molecule has 0 aliphatic heterocycles. The van der Waals surface area contributed by atoms with Gasteiger partial charge in [-0.3, -0.25) is 0 Å². The van der Waals surface area contributed by atoms with E-state index in [2.05, 4.69) is 14.4 Å². The highest BCUT2D eigenvalue weighted by Gasteiger charge is 2.19. The summed E-state index contributed by atoms with van der Waals surface area (Å²) in [4.78, 5) is 15.9. The Morgan fingerprint density at radius 1 is 1.25 bits per heavy atom. The lowest BCUT2D eigenvalue weighted by molar-refractivity contribution is 0.0600. The second kappa shape index (κ2) is 8.14. The van der Waals surface area contributed by atoms with Crippen LogP contribution in [0.4, 0.5) is 0 Å². The molecule has 0 saturated carbocycles. The molecular formula is C19H18ClN3O4S. The summed E-state index contributed by atoms with van der Waals surface area (Å²) in [5.74, 6) is 0.0821. The third kappa shape index (κ3) is 4.09. The van der Waals surface area contributed by atoms with E-state index in [1.54, 1.807) is 6.20 Å². The molecule has 0 spiro atoms. The first kappa shape index (κ1) is 20.1. The molecule has 1 heterocycles. The van der Waals surface area contributed by atoms with Gasteiger partial charge in [0.2, 0.25) is 10.0 Å². The zero-order valence-electron chi connectivity index (χ0n) is 15.2. The molecule has 146 valence electrons. The minimum absolute atomic E-state index is 0.0125. The van der Waals surface area contributed by atoms with Gasteiger partial charge in [0.25, 0.3) is 0 Å². The van der Waals surface area contributed by atoms with Gasteiger partial charge in [-0.25, -0.2) is 22.9 Å². The van der Waals surface area contributed by atoms with Crippen LogP contribution in [0.25, 0.3) is 5.69 Å². The number of nitrogens with one attached hydrogen (secondary N) is 1. The molecule has 0 bridgehead atoms. The molecule has 0 unspecified atom stereocenters. The lowest BCUT2D eigenvalue weighted by atomic mass is 10.2. The van der Waals surface area contributed by atoms with E-state index in [0.717, 1.165) is 17.1 Å². The van der Waals surface area contributed by atoms with Crippen LogP contribution < -0.4 is 4.72 Å². The Labute approximate surface area is 168 Å². The number of carbonyl (C=O) groups excluding carboxylic acids is 1. The van der Waals surface area contributed by atoms with E-state index in [9.17, 15) is 13.2 Å². The number of benzene rings is 2. The van der Waals surface area contributed by atoms with Gasteiger partial charge < -0.3 is 9.30 Å². The van der Waals surface area contributed by atoms with Crippen molar-refractivity contribution >= 4 is 27.6 Å². The smallest absolute Gasteiger partial charge is 0.339 e. The second-order valence-corrected chi connectivity index (χ2v) is 8.11. The van der Waals surface area contributed by atoms with E-state index in [1.807, 2.05) is 42.0 Å². The Morgan fingerprint density at radius 3 is 2.68 bits per heavy atom. The third-order valence-corrected chi connectivity index (χ3v) is 5.91. The topological polar surface area (TPSA) is 90.3 Å². The molecule has 28 heavy (non-hydrogen) atoms. The quantitative estimate of drug-likeness (QED) is 0.620. The zero-order valence-corrected chi connectivity index (χ0v) is 16.8. The maximum atomic E-state index is 12.7. The van der Waals surface area contributed by atoms with Crippen molar-refractivity contribution in [1.82, 2.24) is 14.3 Å². The monoisotopic (exact) mass is 419 g/mol. The van der Waals surface area contributed by atoms with Crippen molar-refractivity contribution in [1.29, 1.82) is 0 Å². The third-order valence-electron chi connectivity index (χ3n) is 4.18. The number of para-hydroxylation sites is 1. The normalized spacial score (nSPS) is 11.4. The molecule has 7 nitrogen and oxygen atoms in total. The summed E-state index contributed by atoms with van der Waals surface area (Å²) in [6.45, 7) is 1.93. The summed E-state index contributed by atoms with van der Waals surface area (Å²) >= 11 is 5.96. The van der Waals surface area contributed by atoms with E-state index in [4.69, 9.17) is 11.6 Å². The van der Waals surface area contributed by atoms with E-state index < -0.39 is 16.0 Å². The Bertz CT molecular complexity index is 1130. The fourth-order valence-corrected chi connectivity index (χ4v) is 3.95. The first-order valence-corrected chi connectivity index (χ1v) is 10.2. The van der Waals surface area contributed by atoms with Crippen LogP contribution in [-0.2, 0) is 21.3 Å². The first-order valence-electron chi connectivity index (χ1n) is 8.29. The van der Waals surface area contributed by atoms with E-state index in [0.29, 0.717) is 0 Å². The summed E-state index contributed by atoms with van der Waals surface area (Å²) in [6.07, 6.45) is 3.49. The second-order valence-electron chi connectivity index (χ2n) is 5.93. The standard InChI is InChI=1S/C19H18ClN3O4S/c1-13-21-9-10-23(13)18-6-4-3-5-14(18)12-22-28(25,26)15-7-8-17(20)16(11-15)19(24)27-2/h3-11,22H,12H2,1-2H3. The van der Waals surface area contributed by atoms with Crippen LogP contribution in [0.3, 0.4) is 0 Å². The fraction of sp³-hybridized carbons (Fsp3) is 0.158. The molecule has 3 rings (SSSR count). The molecule has 2 aromatic carbocycles. The summed E-state index contributed by atoms with van der Waals surface area (Å²) in [6, 6.07) is 11.3. The minimum Gasteiger partial charge on any atom is -0.465 e. The molecule has 0 atom stereocenters. The number of methoxy groups -OCH3 is 1. The summed E-state index contributed by atoms with van der Waals surface area (Å²) in [7, 11) is -2.67. The van der Waals surface area contributed by atoms with Gasteiger partial charge in [-0.05, 0) is 36.8 Å². The van der Waals surface area contributed by atoms with Crippen molar-refractivity contribution in [2.24, 2.45) is 0 Å². The lowest BCUT2D eigenvalue weighted by Gasteiger charge is -2.13. The van der Waals surface area contributed by atoms with Crippen molar-refractivity contribution < 1.29 is 17.9 Å². The van der Waals surface area contributed by atoms with Crippen LogP contribution in [0.2, 0.25) is 5.02 Å². The maximum absolute atomic E-state index is 12.7. The number of esters is 1. The maximum Gasteiger partial charge on any atom is 0.339 e. The van der Waals surface area contributed by atoms with Crippen LogP contribution in [0, 0.1) is 6.92 Å². The highest BCUT2D eigenvalue weighted by molar-refractivity contribution is 7.89. The molecule has 9 heteroatoms. The number of aryl methyl sites for hydroxylation is 1. The summed E-state index contributed by atoms with van der Waals surface area (Å²) in [5, 5.41) is 0.117. The van der Waals surface area contributed by atoms with E-state index in [1.165, 1.54) is 25.3 Å². The van der Waals surface area contributed by atoms with Gasteiger partial charge in [0.1, 0.15) is 5.82 Å². The number of hydrogen-bond donors (Lipinski definition) is 1. The van der Waals surface area contributed by atoms with Crippen molar-refractivity contribution in [3.8, 4) is 5.69 Å². The SMILES string of the molecule is COC(=O)c1cc(S(=O)(=O)NCc2ccccc2-n2ccnc2C)ccc1Cl. The predicted molar refractivity (Wildman–Crippen MR) is 105 cm³/mol. The van der Waals surface area contributed by atoms with Gasteiger partial charge in [0.15, 0.2) is 0 Å². The Morgan fingerprint density at radius 2 is 2.00 bits per heavy atom. The average molecular weight is 420 g/mol. The number of carbonyl (C=O) groups is 1. The van der Waals surface area contributed by atoms with Crippen molar-refractivity contribution in [3.05, 3.63) is 76.8 Å². The van der Waals surface area contributed by atoms with Crippen LogP contribution in [0.1, 0.15) is 21.7 Å². The predicted octanol–water partition coefficient (Wildman–Crippen LogP) is 3.10. The number of rotatable bonds is 6. The van der Waals surface area contributed by atoms with Crippen molar-refractivity contribution in [2.75, 3.05) is 7.11 Å².